The van der Waals surface area contributed by atoms with E-state index in [1.165, 1.54) is 12.1 Å². The normalized spacial score (nSPS) is 17.0. The number of piperazine rings is 1. The Balaban J connectivity index is 1.54. The maximum atomic E-state index is 14.1. The fraction of sp³-hybridized carbons (Fsp3) is 0.458. The molecule has 2 saturated heterocycles. The van der Waals surface area contributed by atoms with E-state index in [0.29, 0.717) is 56.1 Å². The minimum Gasteiger partial charge on any atom is -0.370 e. The number of nitrogens with zero attached hydrogens (tertiary/aromatic N) is 3. The quantitative estimate of drug-likeness (QED) is 0.668. The summed E-state index contributed by atoms with van der Waals surface area (Å²) in [5.41, 5.74) is 1.54. The molecular weight excluding hydrogens is 443 g/mol. The second-order valence-corrected chi connectivity index (χ2v) is 10.2. The van der Waals surface area contributed by atoms with Crippen molar-refractivity contribution in [2.75, 3.05) is 55.6 Å². The highest BCUT2D eigenvalue weighted by molar-refractivity contribution is 7.89. The Labute approximate surface area is 195 Å². The number of carbonyl (C=O) groups is 1. The number of hydrogen-bond donors (Lipinski definition) is 1. The molecular formula is C24H31FN4O3S. The lowest BCUT2D eigenvalue weighted by atomic mass is 10.1. The van der Waals surface area contributed by atoms with Crippen molar-refractivity contribution >= 4 is 27.3 Å². The molecule has 2 heterocycles. The van der Waals surface area contributed by atoms with Gasteiger partial charge in [0.1, 0.15) is 10.7 Å². The highest BCUT2D eigenvalue weighted by Crippen LogP contribution is 2.30. The van der Waals surface area contributed by atoms with E-state index in [0.717, 1.165) is 25.9 Å². The predicted molar refractivity (Wildman–Crippen MR) is 128 cm³/mol. The molecule has 0 atom stereocenters. The van der Waals surface area contributed by atoms with Gasteiger partial charge in [0.2, 0.25) is 10.0 Å². The maximum Gasteiger partial charge on any atom is 0.254 e. The summed E-state index contributed by atoms with van der Waals surface area (Å²) in [7, 11) is -3.74. The third-order valence-corrected chi connectivity index (χ3v) is 7.74. The van der Waals surface area contributed by atoms with Gasteiger partial charge in [-0.25, -0.2) is 17.5 Å². The molecule has 7 nitrogen and oxygen atoms in total. The predicted octanol–water partition coefficient (Wildman–Crippen LogP) is 3.08. The minimum absolute atomic E-state index is 0.161. The van der Waals surface area contributed by atoms with Gasteiger partial charge in [-0.15, -0.1) is 0 Å². The number of hydrogen-bond acceptors (Lipinski definition) is 5. The standard InChI is InChI=1S/C24H31FN4O3S/c1-2-11-26-33(31,32)23-18-19(9-10-22(23)27-12-5-6-13-27)24(30)29-16-14-28(15-17-29)21-8-4-3-7-20(21)25/h3-4,7-10,18,26H,2,5-6,11-17H2,1H3. The number of para-hydroxylation sites is 1. The summed E-state index contributed by atoms with van der Waals surface area (Å²) >= 11 is 0. The van der Waals surface area contributed by atoms with Crippen LogP contribution in [0.25, 0.3) is 0 Å². The van der Waals surface area contributed by atoms with Crippen LogP contribution in [-0.4, -0.2) is 65.0 Å². The van der Waals surface area contributed by atoms with Crippen LogP contribution in [0.2, 0.25) is 0 Å². The average molecular weight is 475 g/mol. The van der Waals surface area contributed by atoms with Crippen LogP contribution in [0.1, 0.15) is 36.5 Å². The fourth-order valence-corrected chi connectivity index (χ4v) is 5.82. The van der Waals surface area contributed by atoms with E-state index < -0.39 is 10.0 Å². The Hall–Kier alpha value is -2.65. The molecule has 0 aromatic heterocycles. The Kier molecular flexibility index (Phi) is 7.19. The third-order valence-electron chi connectivity index (χ3n) is 6.25. The van der Waals surface area contributed by atoms with Gasteiger partial charge in [-0.3, -0.25) is 4.79 Å². The lowest BCUT2D eigenvalue weighted by Crippen LogP contribution is -2.49. The van der Waals surface area contributed by atoms with E-state index >= 15 is 0 Å². The zero-order valence-electron chi connectivity index (χ0n) is 19.0. The molecule has 33 heavy (non-hydrogen) atoms. The molecule has 9 heteroatoms. The molecule has 4 rings (SSSR count). The lowest BCUT2D eigenvalue weighted by molar-refractivity contribution is 0.0746. The van der Waals surface area contributed by atoms with Gasteiger partial charge in [0.05, 0.1) is 11.4 Å². The number of anilines is 2. The van der Waals surface area contributed by atoms with E-state index in [9.17, 15) is 17.6 Å². The van der Waals surface area contributed by atoms with Gasteiger partial charge in [-0.1, -0.05) is 19.1 Å². The summed E-state index contributed by atoms with van der Waals surface area (Å²) in [5, 5.41) is 0. The third kappa shape index (κ3) is 5.14. The summed E-state index contributed by atoms with van der Waals surface area (Å²) in [6, 6.07) is 11.6. The van der Waals surface area contributed by atoms with E-state index in [1.54, 1.807) is 35.2 Å². The van der Waals surface area contributed by atoms with Gasteiger partial charge in [0.15, 0.2) is 0 Å². The van der Waals surface area contributed by atoms with Crippen molar-refractivity contribution in [3.05, 3.63) is 53.8 Å². The summed E-state index contributed by atoms with van der Waals surface area (Å²) in [5.74, 6) is -0.479. The Bertz CT molecular complexity index is 1090. The van der Waals surface area contributed by atoms with Crippen molar-refractivity contribution in [2.24, 2.45) is 0 Å². The maximum absolute atomic E-state index is 14.1. The molecule has 0 aliphatic carbocycles. The van der Waals surface area contributed by atoms with Crippen molar-refractivity contribution in [3.8, 4) is 0 Å². The molecule has 178 valence electrons. The van der Waals surface area contributed by atoms with Crippen molar-refractivity contribution < 1.29 is 17.6 Å². The van der Waals surface area contributed by atoms with E-state index in [2.05, 4.69) is 9.62 Å². The summed E-state index contributed by atoms with van der Waals surface area (Å²) < 4.78 is 42.9. The van der Waals surface area contributed by atoms with Crippen LogP contribution in [-0.2, 0) is 10.0 Å². The average Bonchev–Trinajstić information content (AvgIpc) is 3.37. The number of sulfonamides is 1. The molecule has 0 unspecified atom stereocenters. The van der Waals surface area contributed by atoms with Crippen molar-refractivity contribution in [2.45, 2.75) is 31.1 Å². The largest absolute Gasteiger partial charge is 0.370 e. The summed E-state index contributed by atoms with van der Waals surface area (Å²) in [6.07, 6.45) is 2.73. The number of nitrogens with one attached hydrogen (secondary N) is 1. The number of benzene rings is 2. The van der Waals surface area contributed by atoms with Gasteiger partial charge in [-0.2, -0.15) is 0 Å². The fourth-order valence-electron chi connectivity index (χ4n) is 4.44. The van der Waals surface area contributed by atoms with Crippen LogP contribution in [0, 0.1) is 5.82 Å². The molecule has 2 aromatic rings. The smallest absolute Gasteiger partial charge is 0.254 e. The van der Waals surface area contributed by atoms with Crippen LogP contribution in [0.3, 0.4) is 0 Å². The van der Waals surface area contributed by atoms with Gasteiger partial charge in [0.25, 0.3) is 5.91 Å². The second kappa shape index (κ2) is 10.1. The van der Waals surface area contributed by atoms with E-state index in [-0.39, 0.29) is 16.6 Å². The van der Waals surface area contributed by atoms with Gasteiger partial charge in [-0.05, 0) is 49.6 Å². The van der Waals surface area contributed by atoms with Crippen molar-refractivity contribution in [1.29, 1.82) is 0 Å². The first kappa shape index (κ1) is 23.5. The van der Waals surface area contributed by atoms with Crippen LogP contribution in [0.5, 0.6) is 0 Å². The first-order valence-corrected chi connectivity index (χ1v) is 13.1. The molecule has 0 radical (unpaired) electrons. The second-order valence-electron chi connectivity index (χ2n) is 8.51. The number of halogens is 1. The number of amides is 1. The molecule has 0 bridgehead atoms. The zero-order valence-corrected chi connectivity index (χ0v) is 19.8. The number of carbonyl (C=O) groups excluding carboxylic acids is 1. The van der Waals surface area contributed by atoms with E-state index in [1.807, 2.05) is 11.8 Å². The molecule has 2 aliphatic heterocycles. The lowest BCUT2D eigenvalue weighted by Gasteiger charge is -2.36. The Morgan fingerprint density at radius 1 is 0.939 bits per heavy atom. The van der Waals surface area contributed by atoms with E-state index in [4.69, 9.17) is 0 Å². The first-order chi connectivity index (χ1) is 15.9. The monoisotopic (exact) mass is 474 g/mol. The molecule has 1 amide bonds. The molecule has 2 aliphatic rings. The van der Waals surface area contributed by atoms with Gasteiger partial charge >= 0.3 is 0 Å². The highest BCUT2D eigenvalue weighted by atomic mass is 32.2. The topological polar surface area (TPSA) is 73.0 Å². The van der Waals surface area contributed by atoms with Crippen molar-refractivity contribution in [1.82, 2.24) is 9.62 Å². The van der Waals surface area contributed by atoms with Gasteiger partial charge < -0.3 is 14.7 Å². The first-order valence-electron chi connectivity index (χ1n) is 11.6. The van der Waals surface area contributed by atoms with Crippen LogP contribution < -0.4 is 14.5 Å². The molecule has 2 fully saturated rings. The number of rotatable bonds is 7. The van der Waals surface area contributed by atoms with Crippen LogP contribution in [0.4, 0.5) is 15.8 Å². The Morgan fingerprint density at radius 2 is 1.61 bits per heavy atom. The molecule has 0 saturated carbocycles. The molecule has 0 spiro atoms. The summed E-state index contributed by atoms with van der Waals surface area (Å²) in [4.78, 5) is 19.1. The zero-order chi connectivity index (χ0) is 23.4. The van der Waals surface area contributed by atoms with Gasteiger partial charge in [0, 0.05) is 51.4 Å². The minimum atomic E-state index is -3.74. The SMILES string of the molecule is CCCNS(=O)(=O)c1cc(C(=O)N2CCN(c3ccccc3F)CC2)ccc1N1CCCC1. The highest BCUT2D eigenvalue weighted by Gasteiger charge is 2.28. The molecule has 1 N–H and O–H groups in total. The van der Waals surface area contributed by atoms with Crippen LogP contribution in [0.15, 0.2) is 47.4 Å². The van der Waals surface area contributed by atoms with Crippen molar-refractivity contribution in [3.63, 3.8) is 0 Å². The Morgan fingerprint density at radius 3 is 2.27 bits per heavy atom. The molecule has 2 aromatic carbocycles. The summed E-state index contributed by atoms with van der Waals surface area (Å²) in [6.45, 7) is 5.78. The van der Waals surface area contributed by atoms with Crippen LogP contribution >= 0.6 is 0 Å².